The molecule has 2 N–H and O–H groups in total. The fourth-order valence-corrected chi connectivity index (χ4v) is 1.98. The zero-order valence-electron chi connectivity index (χ0n) is 8.95. The van der Waals surface area contributed by atoms with Crippen LogP contribution in [-0.2, 0) is 6.54 Å². The average molecular weight is 218 g/mol. The fourth-order valence-electron chi connectivity index (χ4n) is 1.98. The maximum Gasteiger partial charge on any atom is 0.417 e. The molecule has 1 fully saturated rings. The fraction of sp³-hybridized carbons (Fsp3) is 0.417. The van der Waals surface area contributed by atoms with E-state index >= 15 is 0 Å². The molecule has 0 bridgehead atoms. The molecule has 84 valence electrons. The van der Waals surface area contributed by atoms with Gasteiger partial charge in [-0.2, -0.15) is 0 Å². The molecule has 4 heteroatoms. The van der Waals surface area contributed by atoms with Crippen molar-refractivity contribution < 1.29 is 4.42 Å². The number of aromatic nitrogens is 1. The van der Waals surface area contributed by atoms with Crippen LogP contribution < -0.4 is 11.1 Å². The summed E-state index contributed by atoms with van der Waals surface area (Å²) in [6.07, 6.45) is 3.90. The van der Waals surface area contributed by atoms with E-state index in [1.54, 1.807) is 0 Å². The van der Waals surface area contributed by atoms with Crippen LogP contribution in [-0.4, -0.2) is 11.0 Å². The molecule has 0 saturated heterocycles. The summed E-state index contributed by atoms with van der Waals surface area (Å²) in [4.78, 5) is 13.6. The van der Waals surface area contributed by atoms with Crippen molar-refractivity contribution in [2.24, 2.45) is 0 Å². The van der Waals surface area contributed by atoms with E-state index in [1.165, 1.54) is 24.8 Å². The van der Waals surface area contributed by atoms with Crippen molar-refractivity contribution in [3.63, 3.8) is 0 Å². The van der Waals surface area contributed by atoms with Gasteiger partial charge < -0.3 is 9.73 Å². The van der Waals surface area contributed by atoms with Crippen LogP contribution in [0.2, 0.25) is 0 Å². The highest BCUT2D eigenvalue weighted by atomic mass is 16.4. The summed E-state index contributed by atoms with van der Waals surface area (Å²) < 4.78 is 4.95. The lowest BCUT2D eigenvalue weighted by atomic mass is 9.93. The van der Waals surface area contributed by atoms with E-state index in [0.717, 1.165) is 12.1 Å². The third-order valence-electron chi connectivity index (χ3n) is 3.18. The van der Waals surface area contributed by atoms with Crippen LogP contribution in [0.1, 0.15) is 24.8 Å². The molecule has 1 aliphatic rings. The monoisotopic (exact) mass is 218 g/mol. The number of hydrogen-bond acceptors (Lipinski definition) is 3. The Bertz CT molecular complexity index is 551. The topological polar surface area (TPSA) is 58.0 Å². The van der Waals surface area contributed by atoms with E-state index in [4.69, 9.17) is 4.42 Å². The molecular formula is C12H14N2O2. The lowest BCUT2D eigenvalue weighted by Crippen LogP contribution is -2.34. The molecule has 0 atom stereocenters. The first-order valence-electron chi connectivity index (χ1n) is 5.66. The van der Waals surface area contributed by atoms with Gasteiger partial charge in [0.25, 0.3) is 0 Å². The smallest absolute Gasteiger partial charge is 0.408 e. The van der Waals surface area contributed by atoms with Gasteiger partial charge in [0.15, 0.2) is 5.58 Å². The van der Waals surface area contributed by atoms with E-state index < -0.39 is 0 Å². The maximum atomic E-state index is 11.0. The largest absolute Gasteiger partial charge is 0.417 e. The zero-order chi connectivity index (χ0) is 11.0. The molecule has 0 spiro atoms. The molecule has 1 heterocycles. The Kier molecular flexibility index (Phi) is 2.29. The van der Waals surface area contributed by atoms with Gasteiger partial charge in [-0.15, -0.1) is 0 Å². The molecular weight excluding hydrogens is 204 g/mol. The van der Waals surface area contributed by atoms with Gasteiger partial charge in [-0.05, 0) is 30.5 Å². The lowest BCUT2D eigenvalue weighted by Gasteiger charge is -2.26. The molecule has 0 radical (unpaired) electrons. The second kappa shape index (κ2) is 3.79. The van der Waals surface area contributed by atoms with Crippen LogP contribution in [0.3, 0.4) is 0 Å². The van der Waals surface area contributed by atoms with E-state index in [-0.39, 0.29) is 5.76 Å². The molecule has 16 heavy (non-hydrogen) atoms. The van der Waals surface area contributed by atoms with Gasteiger partial charge in [0.2, 0.25) is 0 Å². The summed E-state index contributed by atoms with van der Waals surface area (Å²) in [7, 11) is 0. The Morgan fingerprint density at radius 3 is 3.06 bits per heavy atom. The number of nitrogens with one attached hydrogen (secondary N) is 2. The van der Waals surface area contributed by atoms with E-state index in [9.17, 15) is 4.79 Å². The number of rotatable bonds is 3. The highest BCUT2D eigenvalue weighted by Gasteiger charge is 2.16. The van der Waals surface area contributed by atoms with Crippen molar-refractivity contribution in [2.45, 2.75) is 31.8 Å². The van der Waals surface area contributed by atoms with E-state index in [1.807, 2.05) is 18.2 Å². The van der Waals surface area contributed by atoms with Gasteiger partial charge in [0, 0.05) is 12.6 Å². The van der Waals surface area contributed by atoms with Crippen molar-refractivity contribution in [2.75, 3.05) is 0 Å². The third-order valence-corrected chi connectivity index (χ3v) is 3.18. The summed E-state index contributed by atoms with van der Waals surface area (Å²) in [6, 6.07) is 6.47. The zero-order valence-corrected chi connectivity index (χ0v) is 8.95. The minimum absolute atomic E-state index is 0.390. The Hall–Kier alpha value is -1.55. The van der Waals surface area contributed by atoms with Crippen molar-refractivity contribution in [1.29, 1.82) is 0 Å². The van der Waals surface area contributed by atoms with E-state index in [2.05, 4.69) is 10.3 Å². The summed E-state index contributed by atoms with van der Waals surface area (Å²) in [5.74, 6) is -0.390. The molecule has 1 saturated carbocycles. The van der Waals surface area contributed by atoms with Crippen LogP contribution >= 0.6 is 0 Å². The molecule has 3 rings (SSSR count). The maximum absolute atomic E-state index is 11.0. The van der Waals surface area contributed by atoms with Crippen LogP contribution in [0.4, 0.5) is 0 Å². The van der Waals surface area contributed by atoms with Gasteiger partial charge in [-0.25, -0.2) is 4.79 Å². The van der Waals surface area contributed by atoms with Crippen LogP contribution in [0.15, 0.2) is 27.4 Å². The molecule has 0 aliphatic heterocycles. The summed E-state index contributed by atoms with van der Waals surface area (Å²) in [5, 5.41) is 3.48. The normalized spacial score (nSPS) is 16.5. The molecule has 1 aliphatic carbocycles. The molecule has 0 amide bonds. The van der Waals surface area contributed by atoms with Gasteiger partial charge in [0.1, 0.15) is 0 Å². The lowest BCUT2D eigenvalue weighted by molar-refractivity contribution is 0.338. The molecule has 4 nitrogen and oxygen atoms in total. The van der Waals surface area contributed by atoms with Gasteiger partial charge in [-0.3, -0.25) is 4.98 Å². The van der Waals surface area contributed by atoms with Crippen molar-refractivity contribution in [1.82, 2.24) is 10.3 Å². The van der Waals surface area contributed by atoms with Gasteiger partial charge >= 0.3 is 5.76 Å². The standard InChI is InChI=1S/C12H14N2O2/c15-12-14-10-6-8(4-5-11(10)16-12)7-13-9-2-1-3-9/h4-6,9,13H,1-3,7H2,(H,14,15). The summed E-state index contributed by atoms with van der Waals surface area (Å²) >= 11 is 0. The first kappa shape index (κ1) is 9.66. The Morgan fingerprint density at radius 1 is 1.44 bits per heavy atom. The Morgan fingerprint density at radius 2 is 2.31 bits per heavy atom. The quantitative estimate of drug-likeness (QED) is 0.825. The average Bonchev–Trinajstić information content (AvgIpc) is 2.55. The van der Waals surface area contributed by atoms with Crippen molar-refractivity contribution in [3.05, 3.63) is 34.3 Å². The molecule has 0 unspecified atom stereocenters. The second-order valence-electron chi connectivity index (χ2n) is 4.35. The highest BCUT2D eigenvalue weighted by molar-refractivity contribution is 5.72. The van der Waals surface area contributed by atoms with Gasteiger partial charge in [0.05, 0.1) is 5.52 Å². The minimum Gasteiger partial charge on any atom is -0.408 e. The molecule has 1 aromatic carbocycles. The highest BCUT2D eigenvalue weighted by Crippen LogP contribution is 2.19. The number of benzene rings is 1. The number of oxazole rings is 1. The van der Waals surface area contributed by atoms with Crippen LogP contribution in [0, 0.1) is 0 Å². The first-order chi connectivity index (χ1) is 7.81. The number of hydrogen-bond donors (Lipinski definition) is 2. The van der Waals surface area contributed by atoms with Crippen LogP contribution in [0.5, 0.6) is 0 Å². The first-order valence-corrected chi connectivity index (χ1v) is 5.66. The number of aromatic amines is 1. The number of fused-ring (bicyclic) bond motifs is 1. The summed E-state index contributed by atoms with van der Waals surface area (Å²) in [5.41, 5.74) is 2.58. The summed E-state index contributed by atoms with van der Waals surface area (Å²) in [6.45, 7) is 0.855. The predicted octanol–water partition coefficient (Wildman–Crippen LogP) is 1.76. The van der Waals surface area contributed by atoms with Crippen molar-refractivity contribution >= 4 is 11.1 Å². The molecule has 2 aromatic rings. The Balaban J connectivity index is 1.78. The van der Waals surface area contributed by atoms with Crippen LogP contribution in [0.25, 0.3) is 11.1 Å². The molecule has 1 aromatic heterocycles. The minimum atomic E-state index is -0.390. The SMILES string of the molecule is O=c1[nH]c2cc(CNC3CCC3)ccc2o1. The second-order valence-corrected chi connectivity index (χ2v) is 4.35. The predicted molar refractivity (Wildman–Crippen MR) is 61.3 cm³/mol. The number of H-pyrrole nitrogens is 1. The Labute approximate surface area is 92.7 Å². The van der Waals surface area contributed by atoms with Crippen molar-refractivity contribution in [3.8, 4) is 0 Å². The van der Waals surface area contributed by atoms with E-state index in [0.29, 0.717) is 11.6 Å². The third kappa shape index (κ3) is 1.76. The van der Waals surface area contributed by atoms with Gasteiger partial charge in [-0.1, -0.05) is 12.5 Å².